The van der Waals surface area contributed by atoms with E-state index < -0.39 is 6.04 Å². The molecule has 74 valence electrons. The van der Waals surface area contributed by atoms with E-state index in [1.165, 1.54) is 0 Å². The minimum atomic E-state index is -0.839. The quantitative estimate of drug-likeness (QED) is 0.853. The Morgan fingerprint density at radius 2 is 2.40 bits per heavy atom. The summed E-state index contributed by atoms with van der Waals surface area (Å²) in [5, 5.41) is 17.6. The standard InChI is InChI=1S/C10H7BrN4/c11-7-3-1-2-6-5-14-15-10(9(6)7)8(13)4-12/h1-3,5,8H,13H2/i5D. The maximum atomic E-state index is 8.80. The molecule has 1 heterocycles. The molecule has 15 heavy (non-hydrogen) atoms. The van der Waals surface area contributed by atoms with E-state index in [1.807, 2.05) is 12.1 Å². The number of hydrogen-bond donors (Lipinski definition) is 1. The van der Waals surface area contributed by atoms with Crippen molar-refractivity contribution >= 4 is 26.7 Å². The molecule has 1 atom stereocenters. The van der Waals surface area contributed by atoms with Crippen molar-refractivity contribution in [1.29, 1.82) is 5.26 Å². The third kappa shape index (κ3) is 1.69. The first kappa shape index (κ1) is 8.77. The average molecular weight is 264 g/mol. The topological polar surface area (TPSA) is 75.6 Å². The van der Waals surface area contributed by atoms with E-state index >= 15 is 0 Å². The predicted molar refractivity (Wildman–Crippen MR) is 59.8 cm³/mol. The fraction of sp³-hybridized carbons (Fsp3) is 0.100. The molecule has 5 heteroatoms. The smallest absolute Gasteiger partial charge is 0.138 e. The molecule has 0 saturated carbocycles. The molecule has 0 fully saturated rings. The van der Waals surface area contributed by atoms with Crippen LogP contribution in [0, 0.1) is 11.3 Å². The number of nitriles is 1. The van der Waals surface area contributed by atoms with Crippen LogP contribution in [0.25, 0.3) is 10.8 Å². The largest absolute Gasteiger partial charge is 0.311 e. The van der Waals surface area contributed by atoms with Gasteiger partial charge in [-0.3, -0.25) is 0 Å². The first-order valence-electron chi connectivity index (χ1n) is 4.71. The van der Waals surface area contributed by atoms with Gasteiger partial charge in [0.25, 0.3) is 0 Å². The van der Waals surface area contributed by atoms with Crippen LogP contribution in [-0.4, -0.2) is 10.2 Å². The van der Waals surface area contributed by atoms with E-state index in [9.17, 15) is 0 Å². The Labute approximate surface area is 96.3 Å². The number of benzene rings is 1. The molecule has 0 amide bonds. The summed E-state index contributed by atoms with van der Waals surface area (Å²) in [5.74, 6) is 0. The number of rotatable bonds is 1. The Morgan fingerprint density at radius 3 is 3.13 bits per heavy atom. The summed E-state index contributed by atoms with van der Waals surface area (Å²) in [4.78, 5) is 0. The van der Waals surface area contributed by atoms with Crippen molar-refractivity contribution in [2.45, 2.75) is 6.04 Å². The molecule has 0 aliphatic heterocycles. The minimum absolute atomic E-state index is 0.0742. The summed E-state index contributed by atoms with van der Waals surface area (Å²) in [6.45, 7) is 0. The lowest BCUT2D eigenvalue weighted by molar-refractivity contribution is 0.841. The van der Waals surface area contributed by atoms with Gasteiger partial charge in [-0.1, -0.05) is 28.1 Å². The molecule has 0 radical (unpaired) electrons. The first-order valence-corrected chi connectivity index (χ1v) is 5.01. The first-order chi connectivity index (χ1) is 7.65. The van der Waals surface area contributed by atoms with Gasteiger partial charge in [-0.2, -0.15) is 15.5 Å². The molecule has 0 aliphatic rings. The molecule has 2 aromatic rings. The summed E-state index contributed by atoms with van der Waals surface area (Å²) in [6.07, 6.45) is 0.0742. The van der Waals surface area contributed by atoms with Crippen molar-refractivity contribution in [3.63, 3.8) is 0 Å². The molecule has 1 aromatic carbocycles. The molecule has 0 bridgehead atoms. The lowest BCUT2D eigenvalue weighted by Crippen LogP contribution is -2.11. The van der Waals surface area contributed by atoms with Gasteiger partial charge in [0.05, 0.1) is 13.6 Å². The summed E-state index contributed by atoms with van der Waals surface area (Å²) >= 11 is 3.36. The van der Waals surface area contributed by atoms with Gasteiger partial charge in [0.15, 0.2) is 0 Å². The van der Waals surface area contributed by atoms with Crippen LogP contribution in [0.15, 0.2) is 28.8 Å². The second-order valence-corrected chi connectivity index (χ2v) is 3.82. The Morgan fingerprint density at radius 1 is 1.60 bits per heavy atom. The number of nitrogens with two attached hydrogens (primary N) is 1. The Bertz CT molecular complexity index is 593. The van der Waals surface area contributed by atoms with Crippen molar-refractivity contribution in [1.82, 2.24) is 10.2 Å². The van der Waals surface area contributed by atoms with Crippen molar-refractivity contribution in [2.75, 3.05) is 0 Å². The zero-order valence-corrected chi connectivity index (χ0v) is 9.19. The molecule has 0 aliphatic carbocycles. The highest BCUT2D eigenvalue weighted by atomic mass is 79.9. The van der Waals surface area contributed by atoms with Gasteiger partial charge >= 0.3 is 0 Å². The van der Waals surface area contributed by atoms with Crippen molar-refractivity contribution < 1.29 is 1.37 Å². The Balaban J connectivity index is 2.88. The molecule has 1 aromatic heterocycles. The van der Waals surface area contributed by atoms with E-state index in [0.29, 0.717) is 16.5 Å². The van der Waals surface area contributed by atoms with Crippen molar-refractivity contribution in [2.24, 2.45) is 5.73 Å². The molecule has 2 N–H and O–H groups in total. The van der Waals surface area contributed by atoms with Crippen LogP contribution in [0.2, 0.25) is 0 Å². The number of nitrogens with zero attached hydrogens (tertiary/aromatic N) is 3. The van der Waals surface area contributed by atoms with E-state index in [4.69, 9.17) is 12.4 Å². The Kier molecular flexibility index (Phi) is 2.30. The SMILES string of the molecule is [2H]c1nnc(C(N)C#N)c2c(Br)cccc12. The fourth-order valence-electron chi connectivity index (χ4n) is 1.34. The van der Waals surface area contributed by atoms with Crippen LogP contribution in [0.3, 0.4) is 0 Å². The van der Waals surface area contributed by atoms with Gasteiger partial charge in [-0.15, -0.1) is 0 Å². The van der Waals surface area contributed by atoms with Crippen LogP contribution in [0.4, 0.5) is 0 Å². The van der Waals surface area contributed by atoms with Crippen molar-refractivity contribution in [3.8, 4) is 6.07 Å². The number of aromatic nitrogens is 2. The summed E-state index contributed by atoms with van der Waals surface area (Å²) in [7, 11) is 0. The molecule has 2 rings (SSSR count). The fourth-order valence-corrected chi connectivity index (χ4v) is 1.91. The van der Waals surface area contributed by atoms with E-state index in [-0.39, 0.29) is 6.17 Å². The number of halogens is 1. The lowest BCUT2D eigenvalue weighted by atomic mass is 10.1. The molecule has 1 unspecified atom stereocenters. The van der Waals surface area contributed by atoms with Crippen LogP contribution < -0.4 is 5.73 Å². The molecule has 0 spiro atoms. The second-order valence-electron chi connectivity index (χ2n) is 2.97. The van der Waals surface area contributed by atoms with Crippen LogP contribution in [0.1, 0.15) is 13.1 Å². The van der Waals surface area contributed by atoms with E-state index in [1.54, 1.807) is 12.1 Å². The minimum Gasteiger partial charge on any atom is -0.311 e. The summed E-state index contributed by atoms with van der Waals surface area (Å²) < 4.78 is 8.40. The molecular weight excluding hydrogens is 256 g/mol. The van der Waals surface area contributed by atoms with Crippen LogP contribution >= 0.6 is 15.9 Å². The zero-order chi connectivity index (χ0) is 11.7. The highest BCUT2D eigenvalue weighted by Crippen LogP contribution is 2.27. The van der Waals surface area contributed by atoms with E-state index in [0.717, 1.165) is 4.47 Å². The van der Waals surface area contributed by atoms with Gasteiger partial charge in [0.1, 0.15) is 11.7 Å². The van der Waals surface area contributed by atoms with Crippen molar-refractivity contribution in [3.05, 3.63) is 34.5 Å². The van der Waals surface area contributed by atoms with Gasteiger partial charge < -0.3 is 5.73 Å². The van der Waals surface area contributed by atoms with Gasteiger partial charge in [-0.25, -0.2) is 0 Å². The Hall–Kier alpha value is -1.51. The predicted octanol–water partition coefficient (Wildman–Crippen LogP) is 1.92. The normalized spacial score (nSPS) is 13.3. The molecule has 0 saturated heterocycles. The average Bonchev–Trinajstić information content (AvgIpc) is 2.30. The number of hydrogen-bond acceptors (Lipinski definition) is 4. The van der Waals surface area contributed by atoms with Gasteiger partial charge in [0.2, 0.25) is 0 Å². The summed E-state index contributed by atoms with van der Waals surface area (Å²) in [5.41, 5.74) is 6.02. The highest BCUT2D eigenvalue weighted by Gasteiger charge is 2.13. The molecular formula is C10H7BrN4. The van der Waals surface area contributed by atoms with Gasteiger partial charge in [0, 0.05) is 15.2 Å². The monoisotopic (exact) mass is 263 g/mol. The van der Waals surface area contributed by atoms with Crippen LogP contribution in [-0.2, 0) is 0 Å². The third-order valence-corrected chi connectivity index (χ3v) is 2.69. The van der Waals surface area contributed by atoms with Gasteiger partial charge in [-0.05, 0) is 6.07 Å². The van der Waals surface area contributed by atoms with Crippen LogP contribution in [0.5, 0.6) is 0 Å². The lowest BCUT2D eigenvalue weighted by Gasteiger charge is -2.07. The zero-order valence-electron chi connectivity index (χ0n) is 8.61. The third-order valence-electron chi connectivity index (χ3n) is 2.03. The van der Waals surface area contributed by atoms with E-state index in [2.05, 4.69) is 26.1 Å². The number of fused-ring (bicyclic) bond motifs is 1. The molecule has 4 nitrogen and oxygen atoms in total. The maximum Gasteiger partial charge on any atom is 0.138 e. The summed E-state index contributed by atoms with van der Waals surface area (Å²) in [6, 6.07) is 6.45. The highest BCUT2D eigenvalue weighted by molar-refractivity contribution is 9.10. The second kappa shape index (κ2) is 3.93. The maximum absolute atomic E-state index is 8.80.